The maximum atomic E-state index is 13.1. The first kappa shape index (κ1) is 22.5. The summed E-state index contributed by atoms with van der Waals surface area (Å²) in [5, 5.41) is 23.0. The summed E-state index contributed by atoms with van der Waals surface area (Å²) in [5.41, 5.74) is 4.88. The van der Waals surface area contributed by atoms with Crippen LogP contribution in [0.4, 0.5) is 11.6 Å². The van der Waals surface area contributed by atoms with Crippen LogP contribution in [0.5, 0.6) is 11.5 Å². The maximum Gasteiger partial charge on any atom is 0.262 e. The molecule has 1 amide bonds. The number of rotatable bonds is 6. The smallest absolute Gasteiger partial charge is 0.262 e. The molecule has 33 heavy (non-hydrogen) atoms. The van der Waals surface area contributed by atoms with Crippen LogP contribution in [-0.4, -0.2) is 64.7 Å². The molecule has 1 aliphatic heterocycles. The fraction of sp³-hybridized carbons (Fsp3) is 0.320. The van der Waals surface area contributed by atoms with Crippen LogP contribution in [0.1, 0.15) is 27.9 Å². The van der Waals surface area contributed by atoms with Crippen molar-refractivity contribution < 1.29 is 15.0 Å². The number of nitrogens with zero attached hydrogens (tertiary/aromatic N) is 4. The average Bonchev–Trinajstić information content (AvgIpc) is 2.79. The fourth-order valence-corrected chi connectivity index (χ4v) is 4.01. The zero-order valence-corrected chi connectivity index (χ0v) is 19.2. The molecule has 2 aromatic carbocycles. The lowest BCUT2D eigenvalue weighted by atomic mass is 9.96. The molecule has 3 N–H and O–H groups in total. The number of anilines is 2. The van der Waals surface area contributed by atoms with Gasteiger partial charge in [-0.1, -0.05) is 6.07 Å². The summed E-state index contributed by atoms with van der Waals surface area (Å²) in [4.78, 5) is 26.1. The molecule has 4 rings (SSSR count). The topological polar surface area (TPSA) is 102 Å². The van der Waals surface area contributed by atoms with Gasteiger partial charge in [-0.05, 0) is 69.3 Å². The highest BCUT2D eigenvalue weighted by molar-refractivity contribution is 6.08. The van der Waals surface area contributed by atoms with E-state index in [4.69, 9.17) is 4.98 Å². The quantitative estimate of drug-likeness (QED) is 0.532. The SMILES string of the molecule is Cc1cnc(NCCN(C)C)nc1-c1ccc2c(c1)CCCN2C(=O)c1ccc(O)cc1O. The first-order valence-corrected chi connectivity index (χ1v) is 11.0. The number of hydrogen-bond acceptors (Lipinski definition) is 7. The lowest BCUT2D eigenvalue weighted by molar-refractivity contribution is 0.0982. The molecule has 0 radical (unpaired) electrons. The molecule has 172 valence electrons. The van der Waals surface area contributed by atoms with E-state index >= 15 is 0 Å². The molecule has 0 saturated carbocycles. The zero-order valence-electron chi connectivity index (χ0n) is 19.2. The molecular weight excluding hydrogens is 418 g/mol. The van der Waals surface area contributed by atoms with Gasteiger partial charge in [0.2, 0.25) is 5.95 Å². The molecule has 1 aromatic heterocycles. The van der Waals surface area contributed by atoms with E-state index < -0.39 is 0 Å². The van der Waals surface area contributed by atoms with Gasteiger partial charge in [0.25, 0.3) is 5.91 Å². The Bertz CT molecular complexity index is 1180. The Balaban J connectivity index is 1.62. The molecule has 1 aliphatic rings. The Kier molecular flexibility index (Phi) is 6.46. The van der Waals surface area contributed by atoms with Crippen LogP contribution in [-0.2, 0) is 6.42 Å². The number of nitrogens with one attached hydrogen (secondary N) is 1. The van der Waals surface area contributed by atoms with Crippen molar-refractivity contribution in [2.45, 2.75) is 19.8 Å². The number of carbonyl (C=O) groups is 1. The molecule has 0 spiro atoms. The average molecular weight is 448 g/mol. The van der Waals surface area contributed by atoms with Gasteiger partial charge in [-0.15, -0.1) is 0 Å². The number of fused-ring (bicyclic) bond motifs is 1. The lowest BCUT2D eigenvalue weighted by Crippen LogP contribution is -2.35. The minimum atomic E-state index is -0.285. The van der Waals surface area contributed by atoms with E-state index in [9.17, 15) is 15.0 Å². The Morgan fingerprint density at radius 2 is 2.00 bits per heavy atom. The third-order valence-electron chi connectivity index (χ3n) is 5.74. The molecule has 0 unspecified atom stereocenters. The molecule has 0 bridgehead atoms. The van der Waals surface area contributed by atoms with Gasteiger partial charge in [0.15, 0.2) is 0 Å². The van der Waals surface area contributed by atoms with Crippen LogP contribution in [0, 0.1) is 6.92 Å². The van der Waals surface area contributed by atoms with Gasteiger partial charge >= 0.3 is 0 Å². The summed E-state index contributed by atoms with van der Waals surface area (Å²) in [7, 11) is 4.04. The Hall–Kier alpha value is -3.65. The molecule has 2 heterocycles. The molecule has 0 saturated heterocycles. The molecule has 0 atom stereocenters. The second-order valence-corrected chi connectivity index (χ2v) is 8.56. The number of phenols is 2. The van der Waals surface area contributed by atoms with E-state index in [0.29, 0.717) is 12.5 Å². The van der Waals surface area contributed by atoms with Crippen LogP contribution in [0.3, 0.4) is 0 Å². The normalized spacial score (nSPS) is 13.2. The Labute approximate surface area is 193 Å². The first-order valence-electron chi connectivity index (χ1n) is 11.0. The number of aromatic hydroxyl groups is 2. The predicted molar refractivity (Wildman–Crippen MR) is 129 cm³/mol. The number of benzene rings is 2. The van der Waals surface area contributed by atoms with Crippen LogP contribution in [0.25, 0.3) is 11.3 Å². The summed E-state index contributed by atoms with van der Waals surface area (Å²) in [6, 6.07) is 10.0. The predicted octanol–water partition coefficient (Wildman–Crippen LogP) is 3.43. The van der Waals surface area contributed by atoms with Gasteiger partial charge in [-0.3, -0.25) is 4.79 Å². The zero-order chi connectivity index (χ0) is 23.5. The van der Waals surface area contributed by atoms with Crippen molar-refractivity contribution in [3.05, 3.63) is 59.3 Å². The van der Waals surface area contributed by atoms with E-state index in [1.54, 1.807) is 4.90 Å². The van der Waals surface area contributed by atoms with E-state index in [1.165, 1.54) is 18.2 Å². The largest absolute Gasteiger partial charge is 0.508 e. The number of aryl methyl sites for hydroxylation is 2. The molecular formula is C25H29N5O3. The van der Waals surface area contributed by atoms with E-state index in [1.807, 2.05) is 39.3 Å². The first-order chi connectivity index (χ1) is 15.8. The number of carbonyl (C=O) groups excluding carboxylic acids is 1. The second-order valence-electron chi connectivity index (χ2n) is 8.56. The van der Waals surface area contributed by atoms with Crippen LogP contribution in [0.15, 0.2) is 42.6 Å². The monoisotopic (exact) mass is 447 g/mol. The number of phenolic OH excluding ortho intramolecular Hbond substituents is 2. The summed E-state index contributed by atoms with van der Waals surface area (Å²) in [6.45, 7) is 4.19. The van der Waals surface area contributed by atoms with E-state index in [2.05, 4.69) is 21.3 Å². The number of aromatic nitrogens is 2. The van der Waals surface area contributed by atoms with Gasteiger partial charge in [-0.2, -0.15) is 0 Å². The van der Waals surface area contributed by atoms with E-state index in [-0.39, 0.29) is 23.0 Å². The van der Waals surface area contributed by atoms with Gasteiger partial charge in [0.05, 0.1) is 11.3 Å². The lowest BCUT2D eigenvalue weighted by Gasteiger charge is -2.30. The minimum absolute atomic E-state index is 0.0801. The summed E-state index contributed by atoms with van der Waals surface area (Å²) < 4.78 is 0. The van der Waals surface area contributed by atoms with Gasteiger partial charge in [-0.25, -0.2) is 9.97 Å². The maximum absolute atomic E-state index is 13.1. The summed E-state index contributed by atoms with van der Waals surface area (Å²) in [6.07, 6.45) is 3.50. The second kappa shape index (κ2) is 9.46. The molecule has 0 aliphatic carbocycles. The third-order valence-corrected chi connectivity index (χ3v) is 5.74. The summed E-state index contributed by atoms with van der Waals surface area (Å²) >= 11 is 0. The van der Waals surface area contributed by atoms with E-state index in [0.717, 1.165) is 54.0 Å². The number of amides is 1. The summed E-state index contributed by atoms with van der Waals surface area (Å²) in [5.74, 6) is -0.000226. The van der Waals surface area contributed by atoms with Crippen molar-refractivity contribution in [2.75, 3.05) is 43.9 Å². The highest BCUT2D eigenvalue weighted by atomic mass is 16.3. The van der Waals surface area contributed by atoms with Crippen molar-refractivity contribution in [3.63, 3.8) is 0 Å². The number of hydrogen-bond donors (Lipinski definition) is 3. The van der Waals surface area contributed by atoms with Crippen molar-refractivity contribution in [1.82, 2.24) is 14.9 Å². The number of likely N-dealkylation sites (N-methyl/N-ethyl adjacent to an activating group) is 1. The third kappa shape index (κ3) is 4.90. The van der Waals surface area contributed by atoms with Gasteiger partial charge in [0, 0.05) is 43.1 Å². The Morgan fingerprint density at radius 1 is 1.18 bits per heavy atom. The van der Waals surface area contributed by atoms with Crippen molar-refractivity contribution in [2.24, 2.45) is 0 Å². The van der Waals surface area contributed by atoms with Gasteiger partial charge < -0.3 is 25.3 Å². The highest BCUT2D eigenvalue weighted by Gasteiger charge is 2.26. The van der Waals surface area contributed by atoms with Gasteiger partial charge in [0.1, 0.15) is 11.5 Å². The van der Waals surface area contributed by atoms with Crippen molar-refractivity contribution >= 4 is 17.5 Å². The molecule has 8 nitrogen and oxygen atoms in total. The fourth-order valence-electron chi connectivity index (χ4n) is 4.01. The standard InChI is InChI=1S/C25H29N5O3/c1-16-15-27-25(26-10-12-29(2)3)28-23(16)18-6-9-21-17(13-18)5-4-11-30(21)24(33)20-8-7-19(31)14-22(20)32/h6-9,13-15,31-32H,4-5,10-12H2,1-3H3,(H,26,27,28). The Morgan fingerprint density at radius 3 is 2.76 bits per heavy atom. The highest BCUT2D eigenvalue weighted by Crippen LogP contribution is 2.34. The minimum Gasteiger partial charge on any atom is -0.508 e. The van der Waals surface area contributed by atoms with Crippen LogP contribution in [0.2, 0.25) is 0 Å². The van der Waals surface area contributed by atoms with Crippen LogP contribution < -0.4 is 10.2 Å². The molecule has 8 heteroatoms. The molecule has 0 fully saturated rings. The van der Waals surface area contributed by atoms with Crippen molar-refractivity contribution in [3.8, 4) is 22.8 Å². The molecule has 3 aromatic rings. The van der Waals surface area contributed by atoms with Crippen molar-refractivity contribution in [1.29, 1.82) is 0 Å². The van der Waals surface area contributed by atoms with Crippen LogP contribution >= 0.6 is 0 Å².